The number of benzene rings is 2. The summed E-state index contributed by atoms with van der Waals surface area (Å²) in [5.74, 6) is -0.265. The van der Waals surface area contributed by atoms with Crippen LogP contribution in [0.5, 0.6) is 5.75 Å². The van der Waals surface area contributed by atoms with Crippen LogP contribution in [0.15, 0.2) is 75.3 Å². The van der Waals surface area contributed by atoms with Gasteiger partial charge in [0.15, 0.2) is 0 Å². The molecule has 32 heavy (non-hydrogen) atoms. The molecule has 2 aliphatic heterocycles. The number of rotatable bonds is 4. The summed E-state index contributed by atoms with van der Waals surface area (Å²) < 4.78 is 12.0. The Hall–Kier alpha value is -3.32. The van der Waals surface area contributed by atoms with Crippen LogP contribution >= 0.6 is 15.9 Å². The van der Waals surface area contributed by atoms with Gasteiger partial charge in [-0.3, -0.25) is 9.59 Å². The Bertz CT molecular complexity index is 1250. The number of Topliss-reactive ketones (excluding diaryl/α,β-unsaturated/α-hetero) is 1. The summed E-state index contributed by atoms with van der Waals surface area (Å²) in [6, 6.07) is 15.4. The van der Waals surface area contributed by atoms with Crippen LogP contribution in [0.3, 0.4) is 0 Å². The summed E-state index contributed by atoms with van der Waals surface area (Å²) in [4.78, 5) is 27.6. The molecule has 2 unspecified atom stereocenters. The lowest BCUT2D eigenvalue weighted by Crippen LogP contribution is -2.29. The molecule has 2 atom stereocenters. The molecule has 5 rings (SSSR count). The Morgan fingerprint density at radius 2 is 2.00 bits per heavy atom. The van der Waals surface area contributed by atoms with E-state index >= 15 is 0 Å². The number of aliphatic hydroxyl groups is 1. The van der Waals surface area contributed by atoms with Gasteiger partial charge in [0.2, 0.25) is 0 Å². The number of carbonyl (C=O) groups excluding carboxylic acids is 2. The predicted molar refractivity (Wildman–Crippen MR) is 121 cm³/mol. The van der Waals surface area contributed by atoms with Crippen molar-refractivity contribution >= 4 is 33.4 Å². The van der Waals surface area contributed by atoms with Gasteiger partial charge in [-0.2, -0.15) is 0 Å². The lowest BCUT2D eigenvalue weighted by Gasteiger charge is -2.24. The SMILES string of the molecule is CC1Cc2cc(/C(O)=C3\C(=O)C(=O)N(Cc4ccco4)C3c3cccc(Br)c3)ccc2O1. The third-order valence-corrected chi connectivity index (χ3v) is 6.27. The van der Waals surface area contributed by atoms with E-state index < -0.39 is 17.7 Å². The first-order chi connectivity index (χ1) is 15.4. The zero-order valence-corrected chi connectivity index (χ0v) is 18.8. The summed E-state index contributed by atoms with van der Waals surface area (Å²) in [5.41, 5.74) is 2.22. The normalized spacial score (nSPS) is 21.6. The van der Waals surface area contributed by atoms with Gasteiger partial charge in [-0.15, -0.1) is 0 Å². The van der Waals surface area contributed by atoms with Gasteiger partial charge in [-0.25, -0.2) is 0 Å². The largest absolute Gasteiger partial charge is 0.507 e. The van der Waals surface area contributed by atoms with Gasteiger partial charge in [0.05, 0.1) is 24.4 Å². The Morgan fingerprint density at radius 1 is 1.16 bits per heavy atom. The van der Waals surface area contributed by atoms with E-state index in [4.69, 9.17) is 9.15 Å². The third-order valence-electron chi connectivity index (χ3n) is 5.78. The van der Waals surface area contributed by atoms with Gasteiger partial charge < -0.3 is 19.2 Å². The van der Waals surface area contributed by atoms with E-state index in [0.717, 1.165) is 22.2 Å². The van der Waals surface area contributed by atoms with E-state index in [2.05, 4.69) is 15.9 Å². The van der Waals surface area contributed by atoms with Crippen LogP contribution < -0.4 is 4.74 Å². The predicted octanol–water partition coefficient (Wildman–Crippen LogP) is 4.99. The topological polar surface area (TPSA) is 80.0 Å². The number of ketones is 1. The van der Waals surface area contributed by atoms with Crippen LogP contribution in [-0.2, 0) is 22.6 Å². The number of amides is 1. The molecule has 2 aromatic carbocycles. The maximum atomic E-state index is 13.1. The molecule has 0 radical (unpaired) electrons. The van der Waals surface area contributed by atoms with Crippen molar-refractivity contribution in [1.29, 1.82) is 0 Å². The molecule has 0 spiro atoms. The summed E-state index contributed by atoms with van der Waals surface area (Å²) >= 11 is 3.46. The number of hydrogen-bond acceptors (Lipinski definition) is 5. The highest BCUT2D eigenvalue weighted by atomic mass is 79.9. The van der Waals surface area contributed by atoms with Crippen molar-refractivity contribution in [3.63, 3.8) is 0 Å². The minimum atomic E-state index is -0.749. The first-order valence-corrected chi connectivity index (χ1v) is 11.1. The van der Waals surface area contributed by atoms with Crippen LogP contribution in [0.1, 0.15) is 35.4 Å². The molecule has 1 saturated heterocycles. The molecule has 1 fully saturated rings. The number of likely N-dealkylation sites (tertiary alicyclic amines) is 1. The van der Waals surface area contributed by atoms with E-state index in [1.54, 1.807) is 24.3 Å². The highest BCUT2D eigenvalue weighted by molar-refractivity contribution is 9.10. The minimum Gasteiger partial charge on any atom is -0.507 e. The van der Waals surface area contributed by atoms with Crippen LogP contribution in [0.4, 0.5) is 0 Å². The first kappa shape index (κ1) is 20.6. The lowest BCUT2D eigenvalue weighted by molar-refractivity contribution is -0.140. The number of furan rings is 1. The van der Waals surface area contributed by atoms with E-state index in [9.17, 15) is 14.7 Å². The molecule has 1 aromatic heterocycles. The summed E-state index contributed by atoms with van der Waals surface area (Å²) in [5, 5.41) is 11.3. The van der Waals surface area contributed by atoms with Gasteiger partial charge in [0, 0.05) is 16.5 Å². The zero-order chi connectivity index (χ0) is 22.4. The molecule has 0 bridgehead atoms. The van der Waals surface area contributed by atoms with Crippen molar-refractivity contribution in [3.8, 4) is 5.75 Å². The van der Waals surface area contributed by atoms with Crippen LogP contribution in [0.25, 0.3) is 5.76 Å². The van der Waals surface area contributed by atoms with Crippen LogP contribution in [-0.4, -0.2) is 27.8 Å². The monoisotopic (exact) mass is 493 g/mol. The van der Waals surface area contributed by atoms with Gasteiger partial charge >= 0.3 is 0 Å². The smallest absolute Gasteiger partial charge is 0.296 e. The summed E-state index contributed by atoms with van der Waals surface area (Å²) in [6.45, 7) is 2.09. The number of fused-ring (bicyclic) bond motifs is 1. The first-order valence-electron chi connectivity index (χ1n) is 10.3. The van der Waals surface area contributed by atoms with Crippen molar-refractivity contribution < 1.29 is 23.8 Å². The molecule has 162 valence electrons. The average molecular weight is 494 g/mol. The molecule has 1 N–H and O–H groups in total. The second-order valence-electron chi connectivity index (χ2n) is 8.02. The molecule has 0 aliphatic carbocycles. The number of aliphatic hydroxyl groups excluding tert-OH is 1. The Kier molecular flexibility index (Phi) is 5.13. The molecule has 6 nitrogen and oxygen atoms in total. The molecule has 1 amide bonds. The molecular weight excluding hydrogens is 474 g/mol. The summed E-state index contributed by atoms with van der Waals surface area (Å²) in [6.07, 6.45) is 2.30. The van der Waals surface area contributed by atoms with Crippen molar-refractivity contribution in [2.45, 2.75) is 32.0 Å². The number of halogens is 1. The fraction of sp³-hybridized carbons (Fsp3) is 0.200. The van der Waals surface area contributed by atoms with Crippen molar-refractivity contribution in [3.05, 3.63) is 93.4 Å². The van der Waals surface area contributed by atoms with Crippen LogP contribution in [0.2, 0.25) is 0 Å². The Balaban J connectivity index is 1.64. The van der Waals surface area contributed by atoms with E-state index in [1.807, 2.05) is 37.3 Å². The van der Waals surface area contributed by atoms with E-state index in [-0.39, 0.29) is 24.0 Å². The zero-order valence-electron chi connectivity index (χ0n) is 17.2. The molecule has 7 heteroatoms. The quantitative estimate of drug-likeness (QED) is 0.314. The second kappa shape index (κ2) is 7.98. The van der Waals surface area contributed by atoms with Gasteiger partial charge in [-0.05, 0) is 60.5 Å². The standard InChI is InChI=1S/C25H20BrNO5/c1-14-10-17-11-16(7-8-20(17)32-14)23(28)21-22(15-4-2-5-18(26)12-15)27(25(30)24(21)29)13-19-6-3-9-31-19/h2-9,11-12,14,22,28H,10,13H2,1H3/b23-21+. The van der Waals surface area contributed by atoms with Gasteiger partial charge in [0.1, 0.15) is 23.4 Å². The lowest BCUT2D eigenvalue weighted by atomic mass is 9.94. The number of ether oxygens (including phenoxy) is 1. The van der Waals surface area contributed by atoms with Crippen LogP contribution in [0, 0.1) is 0 Å². The van der Waals surface area contributed by atoms with Gasteiger partial charge in [0.25, 0.3) is 11.7 Å². The van der Waals surface area contributed by atoms with E-state index in [0.29, 0.717) is 16.9 Å². The Labute approximate surface area is 193 Å². The van der Waals surface area contributed by atoms with Gasteiger partial charge in [-0.1, -0.05) is 28.1 Å². The molecule has 3 aromatic rings. The van der Waals surface area contributed by atoms with Crippen molar-refractivity contribution in [2.24, 2.45) is 0 Å². The molecule has 0 saturated carbocycles. The minimum absolute atomic E-state index is 0.0583. The number of hydrogen-bond donors (Lipinski definition) is 1. The summed E-state index contributed by atoms with van der Waals surface area (Å²) in [7, 11) is 0. The van der Waals surface area contributed by atoms with Crippen molar-refractivity contribution in [2.75, 3.05) is 0 Å². The maximum Gasteiger partial charge on any atom is 0.296 e. The third kappa shape index (κ3) is 3.52. The number of carbonyl (C=O) groups is 2. The fourth-order valence-electron chi connectivity index (χ4n) is 4.36. The Morgan fingerprint density at radius 3 is 2.75 bits per heavy atom. The highest BCUT2D eigenvalue weighted by Gasteiger charge is 2.46. The maximum absolute atomic E-state index is 13.1. The van der Waals surface area contributed by atoms with E-state index in [1.165, 1.54) is 11.2 Å². The molecular formula is C25H20BrNO5. The number of nitrogens with zero attached hydrogens (tertiary/aromatic N) is 1. The average Bonchev–Trinajstić information content (AvgIpc) is 3.47. The second-order valence-corrected chi connectivity index (χ2v) is 8.93. The fourth-order valence-corrected chi connectivity index (χ4v) is 4.78. The highest BCUT2D eigenvalue weighted by Crippen LogP contribution is 2.41. The molecule has 3 heterocycles. The molecule has 2 aliphatic rings. The van der Waals surface area contributed by atoms with Crippen molar-refractivity contribution in [1.82, 2.24) is 4.90 Å².